The first-order valence-corrected chi connectivity index (χ1v) is 7.26. The second kappa shape index (κ2) is 5.37. The van der Waals surface area contributed by atoms with E-state index in [2.05, 4.69) is 5.43 Å². The molecule has 1 atom stereocenters. The molecule has 1 aliphatic carbocycles. The van der Waals surface area contributed by atoms with Gasteiger partial charge in [-0.15, -0.1) is 0 Å². The smallest absolute Gasteiger partial charge is 0.134 e. The Morgan fingerprint density at radius 3 is 2.75 bits per heavy atom. The van der Waals surface area contributed by atoms with Crippen LogP contribution in [0.25, 0.3) is 11.0 Å². The molecule has 108 valence electrons. The first-order valence-electron chi connectivity index (χ1n) is 6.89. The summed E-state index contributed by atoms with van der Waals surface area (Å²) in [5.41, 5.74) is 3.40. The highest BCUT2D eigenvalue weighted by atomic mass is 35.5. The zero-order valence-corrected chi connectivity index (χ0v) is 12.2. The van der Waals surface area contributed by atoms with Gasteiger partial charge in [0.15, 0.2) is 0 Å². The van der Waals surface area contributed by atoms with Crippen LogP contribution in [-0.2, 0) is 4.74 Å². The lowest BCUT2D eigenvalue weighted by Crippen LogP contribution is -2.46. The number of rotatable bonds is 4. The van der Waals surface area contributed by atoms with Crippen LogP contribution in [-0.4, -0.2) is 12.7 Å². The van der Waals surface area contributed by atoms with Gasteiger partial charge >= 0.3 is 0 Å². The summed E-state index contributed by atoms with van der Waals surface area (Å²) in [5.74, 6) is 6.58. The summed E-state index contributed by atoms with van der Waals surface area (Å²) in [6.45, 7) is 0. The van der Waals surface area contributed by atoms with Crippen LogP contribution < -0.4 is 11.3 Å². The largest absolute Gasteiger partial charge is 0.459 e. The molecule has 5 heteroatoms. The number of ether oxygens (including phenoxy) is 1. The molecule has 3 rings (SSSR count). The Kier molecular flexibility index (Phi) is 3.73. The van der Waals surface area contributed by atoms with Crippen LogP contribution in [0.1, 0.15) is 37.5 Å². The quantitative estimate of drug-likeness (QED) is 0.669. The Morgan fingerprint density at radius 2 is 2.10 bits per heavy atom. The molecular formula is C15H19ClN2O2. The van der Waals surface area contributed by atoms with E-state index in [4.69, 9.17) is 26.6 Å². The highest BCUT2D eigenvalue weighted by molar-refractivity contribution is 6.31. The van der Waals surface area contributed by atoms with Gasteiger partial charge in [0.2, 0.25) is 0 Å². The maximum absolute atomic E-state index is 6.02. The molecule has 0 radical (unpaired) electrons. The summed E-state index contributed by atoms with van der Waals surface area (Å²) in [7, 11) is 1.75. The van der Waals surface area contributed by atoms with Crippen LogP contribution in [0.5, 0.6) is 0 Å². The molecule has 1 saturated carbocycles. The van der Waals surface area contributed by atoms with Crippen LogP contribution in [0.15, 0.2) is 28.7 Å². The minimum absolute atomic E-state index is 0.152. The zero-order valence-electron chi connectivity index (χ0n) is 11.5. The fourth-order valence-corrected chi connectivity index (χ4v) is 3.43. The molecule has 1 aromatic heterocycles. The molecule has 3 N–H and O–H groups in total. The van der Waals surface area contributed by atoms with E-state index in [0.29, 0.717) is 5.02 Å². The lowest BCUT2D eigenvalue weighted by molar-refractivity contribution is -0.0418. The molecule has 2 aromatic rings. The number of benzene rings is 1. The third kappa shape index (κ3) is 2.23. The Labute approximate surface area is 123 Å². The Morgan fingerprint density at radius 1 is 1.35 bits per heavy atom. The highest BCUT2D eigenvalue weighted by Gasteiger charge is 2.43. The van der Waals surface area contributed by atoms with Crippen molar-refractivity contribution in [1.29, 1.82) is 0 Å². The number of hydrogen-bond donors (Lipinski definition) is 2. The second-order valence-electron chi connectivity index (χ2n) is 5.41. The van der Waals surface area contributed by atoms with Crippen molar-refractivity contribution in [3.8, 4) is 0 Å². The maximum atomic E-state index is 6.02. The topological polar surface area (TPSA) is 60.4 Å². The zero-order chi connectivity index (χ0) is 14.2. The molecule has 1 fully saturated rings. The Bertz CT molecular complexity index is 605. The van der Waals surface area contributed by atoms with Crippen molar-refractivity contribution in [3.63, 3.8) is 0 Å². The Hall–Kier alpha value is -1.07. The number of halogens is 1. The Balaban J connectivity index is 2.02. The normalized spacial score (nSPS) is 19.6. The van der Waals surface area contributed by atoms with Crippen LogP contribution in [0, 0.1) is 0 Å². The fourth-order valence-electron chi connectivity index (χ4n) is 3.25. The van der Waals surface area contributed by atoms with Gasteiger partial charge in [0.1, 0.15) is 17.4 Å². The van der Waals surface area contributed by atoms with Crippen LogP contribution in [0.4, 0.5) is 0 Å². The standard InChI is InChI=1S/C15H19ClN2O2/c1-19-15(6-2-3-7-15)14(18-17)13-9-10-8-11(16)4-5-12(10)20-13/h4-5,8-9,14,18H,2-3,6-7,17H2,1H3. The van der Waals surface area contributed by atoms with E-state index in [1.807, 2.05) is 24.3 Å². The number of nitrogens with two attached hydrogens (primary N) is 1. The average molecular weight is 295 g/mol. The summed E-state index contributed by atoms with van der Waals surface area (Å²) in [4.78, 5) is 0. The number of nitrogens with one attached hydrogen (secondary N) is 1. The van der Waals surface area contributed by atoms with Gasteiger partial charge in [0.25, 0.3) is 0 Å². The van der Waals surface area contributed by atoms with Crippen molar-refractivity contribution in [2.24, 2.45) is 5.84 Å². The van der Waals surface area contributed by atoms with Gasteiger partial charge in [-0.2, -0.15) is 0 Å². The maximum Gasteiger partial charge on any atom is 0.134 e. The lowest BCUT2D eigenvalue weighted by atomic mass is 9.90. The molecule has 1 heterocycles. The fraction of sp³-hybridized carbons (Fsp3) is 0.467. The first kappa shape index (κ1) is 13.9. The van der Waals surface area contributed by atoms with Gasteiger partial charge in [-0.05, 0) is 37.1 Å². The van der Waals surface area contributed by atoms with Crippen LogP contribution >= 0.6 is 11.6 Å². The van der Waals surface area contributed by atoms with E-state index in [-0.39, 0.29) is 11.6 Å². The van der Waals surface area contributed by atoms with E-state index in [1.54, 1.807) is 7.11 Å². The molecule has 1 aromatic carbocycles. The monoisotopic (exact) mass is 294 g/mol. The molecule has 0 spiro atoms. The molecule has 1 unspecified atom stereocenters. The minimum atomic E-state index is -0.285. The van der Waals surface area contributed by atoms with Gasteiger partial charge in [-0.1, -0.05) is 24.4 Å². The van der Waals surface area contributed by atoms with Crippen molar-refractivity contribution >= 4 is 22.6 Å². The average Bonchev–Trinajstić information content (AvgIpc) is 3.06. The van der Waals surface area contributed by atoms with Crippen molar-refractivity contribution in [1.82, 2.24) is 5.43 Å². The van der Waals surface area contributed by atoms with E-state index in [0.717, 1.165) is 42.4 Å². The third-order valence-electron chi connectivity index (χ3n) is 4.33. The van der Waals surface area contributed by atoms with E-state index >= 15 is 0 Å². The lowest BCUT2D eigenvalue weighted by Gasteiger charge is -2.34. The molecule has 0 bridgehead atoms. The van der Waals surface area contributed by atoms with E-state index in [1.165, 1.54) is 0 Å². The van der Waals surface area contributed by atoms with Gasteiger partial charge < -0.3 is 9.15 Å². The van der Waals surface area contributed by atoms with E-state index in [9.17, 15) is 0 Å². The van der Waals surface area contributed by atoms with Crippen molar-refractivity contribution in [2.75, 3.05) is 7.11 Å². The summed E-state index contributed by atoms with van der Waals surface area (Å²) < 4.78 is 11.7. The summed E-state index contributed by atoms with van der Waals surface area (Å²) in [6, 6.07) is 7.43. The van der Waals surface area contributed by atoms with Crippen molar-refractivity contribution in [3.05, 3.63) is 35.0 Å². The number of fused-ring (bicyclic) bond motifs is 1. The first-order chi connectivity index (χ1) is 9.68. The molecular weight excluding hydrogens is 276 g/mol. The molecule has 0 aliphatic heterocycles. The summed E-state index contributed by atoms with van der Waals surface area (Å²) in [6.07, 6.45) is 4.27. The number of hydrazine groups is 1. The van der Waals surface area contributed by atoms with Gasteiger partial charge in [-0.3, -0.25) is 5.84 Å². The predicted octanol–water partition coefficient (Wildman–Crippen LogP) is 3.55. The summed E-state index contributed by atoms with van der Waals surface area (Å²) >= 11 is 6.02. The van der Waals surface area contributed by atoms with Gasteiger partial charge in [-0.25, -0.2) is 5.43 Å². The molecule has 0 saturated heterocycles. The molecule has 1 aliphatic rings. The second-order valence-corrected chi connectivity index (χ2v) is 5.84. The number of furan rings is 1. The SMILES string of the molecule is COC1(C(NN)c2cc3cc(Cl)ccc3o2)CCCC1. The summed E-state index contributed by atoms with van der Waals surface area (Å²) in [5, 5.41) is 1.68. The number of hydrogen-bond acceptors (Lipinski definition) is 4. The van der Waals surface area contributed by atoms with Crippen LogP contribution in [0.2, 0.25) is 5.02 Å². The van der Waals surface area contributed by atoms with E-state index < -0.39 is 0 Å². The van der Waals surface area contributed by atoms with Crippen molar-refractivity contribution < 1.29 is 9.15 Å². The van der Waals surface area contributed by atoms with Gasteiger partial charge in [0, 0.05) is 17.5 Å². The van der Waals surface area contributed by atoms with Crippen LogP contribution in [0.3, 0.4) is 0 Å². The minimum Gasteiger partial charge on any atom is -0.459 e. The van der Waals surface area contributed by atoms with Gasteiger partial charge in [0.05, 0.1) is 5.60 Å². The molecule has 4 nitrogen and oxygen atoms in total. The molecule has 0 amide bonds. The number of methoxy groups -OCH3 is 1. The highest BCUT2D eigenvalue weighted by Crippen LogP contribution is 2.43. The molecule has 20 heavy (non-hydrogen) atoms. The van der Waals surface area contributed by atoms with Crippen molar-refractivity contribution in [2.45, 2.75) is 37.3 Å². The predicted molar refractivity (Wildman–Crippen MR) is 79.5 cm³/mol. The third-order valence-corrected chi connectivity index (χ3v) is 4.57.